The van der Waals surface area contributed by atoms with Crippen molar-refractivity contribution in [1.82, 2.24) is 10.6 Å². The lowest BCUT2D eigenvalue weighted by atomic mass is 10.00. The van der Waals surface area contributed by atoms with Crippen LogP contribution in [-0.4, -0.2) is 23.6 Å². The van der Waals surface area contributed by atoms with Crippen molar-refractivity contribution in [3.63, 3.8) is 0 Å². The van der Waals surface area contributed by atoms with E-state index in [-0.39, 0.29) is 11.9 Å². The molecule has 0 bridgehead atoms. The predicted molar refractivity (Wildman–Crippen MR) is 130 cm³/mol. The fraction of sp³-hybridized carbons (Fsp3) is 0.286. The maximum Gasteiger partial charge on any atom is 0.408 e. The van der Waals surface area contributed by atoms with Gasteiger partial charge in [-0.25, -0.2) is 4.79 Å². The van der Waals surface area contributed by atoms with Crippen molar-refractivity contribution < 1.29 is 14.3 Å². The molecule has 0 spiro atoms. The SMILES string of the molecule is CC(C)(C)OC(=O)NC(C(=O)NC1Cc2ccccc2C1)c1ccc(-c2ccccc2)cc1. The molecule has 170 valence electrons. The zero-order valence-corrected chi connectivity index (χ0v) is 19.3. The number of carbonyl (C=O) groups excluding carboxylic acids is 2. The zero-order chi connectivity index (χ0) is 23.4. The van der Waals surface area contributed by atoms with E-state index in [1.807, 2.05) is 66.7 Å². The quantitative estimate of drug-likeness (QED) is 0.570. The summed E-state index contributed by atoms with van der Waals surface area (Å²) >= 11 is 0. The summed E-state index contributed by atoms with van der Waals surface area (Å²) in [6, 6.07) is 25.1. The summed E-state index contributed by atoms with van der Waals surface area (Å²) in [5.74, 6) is -0.244. The minimum atomic E-state index is -0.853. The first-order valence-electron chi connectivity index (χ1n) is 11.3. The van der Waals surface area contributed by atoms with Crippen LogP contribution in [0.5, 0.6) is 0 Å². The lowest BCUT2D eigenvalue weighted by Crippen LogP contribution is -2.45. The van der Waals surface area contributed by atoms with Crippen molar-refractivity contribution in [1.29, 1.82) is 0 Å². The van der Waals surface area contributed by atoms with Gasteiger partial charge in [-0.3, -0.25) is 4.79 Å². The molecule has 4 rings (SSSR count). The third-order valence-corrected chi connectivity index (χ3v) is 5.67. The molecular weight excluding hydrogens is 412 g/mol. The Kier molecular flexibility index (Phi) is 6.50. The highest BCUT2D eigenvalue weighted by atomic mass is 16.6. The Morgan fingerprint density at radius 3 is 1.94 bits per heavy atom. The van der Waals surface area contributed by atoms with Gasteiger partial charge in [-0.15, -0.1) is 0 Å². The van der Waals surface area contributed by atoms with Crippen LogP contribution in [0.25, 0.3) is 11.1 Å². The Labute approximate surface area is 195 Å². The number of amides is 2. The number of carbonyl (C=O) groups is 2. The third-order valence-electron chi connectivity index (χ3n) is 5.67. The number of ether oxygens (including phenoxy) is 1. The third kappa shape index (κ3) is 5.80. The number of hydrogen-bond acceptors (Lipinski definition) is 3. The van der Waals surface area contributed by atoms with Crippen LogP contribution in [0, 0.1) is 0 Å². The Balaban J connectivity index is 1.53. The molecular formula is C28H30N2O3. The lowest BCUT2D eigenvalue weighted by Gasteiger charge is -2.25. The molecule has 0 heterocycles. The largest absolute Gasteiger partial charge is 0.444 e. The molecule has 33 heavy (non-hydrogen) atoms. The molecule has 0 aromatic heterocycles. The summed E-state index contributed by atoms with van der Waals surface area (Å²) < 4.78 is 5.42. The fourth-order valence-corrected chi connectivity index (χ4v) is 4.17. The van der Waals surface area contributed by atoms with Crippen molar-refractivity contribution in [3.05, 3.63) is 95.6 Å². The maximum atomic E-state index is 13.3. The number of rotatable bonds is 5. The van der Waals surface area contributed by atoms with Gasteiger partial charge in [0, 0.05) is 6.04 Å². The zero-order valence-electron chi connectivity index (χ0n) is 19.3. The molecule has 5 nitrogen and oxygen atoms in total. The smallest absolute Gasteiger partial charge is 0.408 e. The van der Waals surface area contributed by atoms with Gasteiger partial charge in [0.15, 0.2) is 0 Å². The summed E-state index contributed by atoms with van der Waals surface area (Å²) in [7, 11) is 0. The van der Waals surface area contributed by atoms with Crippen molar-refractivity contribution in [2.24, 2.45) is 0 Å². The lowest BCUT2D eigenvalue weighted by molar-refractivity contribution is -0.124. The fourth-order valence-electron chi connectivity index (χ4n) is 4.17. The van der Waals surface area contributed by atoms with E-state index in [0.29, 0.717) is 5.56 Å². The van der Waals surface area contributed by atoms with Gasteiger partial charge >= 0.3 is 6.09 Å². The molecule has 2 amide bonds. The summed E-state index contributed by atoms with van der Waals surface area (Å²) in [4.78, 5) is 25.9. The van der Waals surface area contributed by atoms with E-state index in [4.69, 9.17) is 4.74 Å². The normalized spacial score (nSPS) is 14.3. The molecule has 0 aliphatic heterocycles. The molecule has 5 heteroatoms. The summed E-state index contributed by atoms with van der Waals surface area (Å²) in [5.41, 5.74) is 4.69. The second-order valence-electron chi connectivity index (χ2n) is 9.45. The van der Waals surface area contributed by atoms with E-state index in [1.54, 1.807) is 20.8 Å². The number of alkyl carbamates (subject to hydrolysis) is 1. The first-order valence-corrected chi connectivity index (χ1v) is 11.3. The molecule has 0 saturated carbocycles. The van der Waals surface area contributed by atoms with Crippen molar-refractivity contribution in [3.8, 4) is 11.1 Å². The van der Waals surface area contributed by atoms with E-state index in [2.05, 4.69) is 22.8 Å². The average Bonchev–Trinajstić information content (AvgIpc) is 3.19. The summed E-state index contributed by atoms with van der Waals surface area (Å²) in [5, 5.41) is 5.90. The standard InChI is InChI=1S/C28H30N2O3/c1-28(2,3)33-27(32)30-25(21-15-13-20(14-16-21)19-9-5-4-6-10-19)26(31)29-24-17-22-11-7-8-12-23(22)18-24/h4-16,24-25H,17-18H2,1-3H3,(H,29,31)(H,30,32). The Morgan fingerprint density at radius 1 is 0.818 bits per heavy atom. The molecule has 1 atom stereocenters. The van der Waals surface area contributed by atoms with E-state index in [9.17, 15) is 9.59 Å². The molecule has 1 aliphatic carbocycles. The van der Waals surface area contributed by atoms with Crippen molar-refractivity contribution >= 4 is 12.0 Å². The number of fused-ring (bicyclic) bond motifs is 1. The van der Waals surface area contributed by atoms with Crippen LogP contribution in [0.1, 0.15) is 43.5 Å². The van der Waals surface area contributed by atoms with E-state index < -0.39 is 17.7 Å². The van der Waals surface area contributed by atoms with Crippen LogP contribution in [0.15, 0.2) is 78.9 Å². The van der Waals surface area contributed by atoms with Gasteiger partial charge in [0.2, 0.25) is 5.91 Å². The summed E-state index contributed by atoms with van der Waals surface area (Å²) in [6.07, 6.45) is 0.951. The average molecular weight is 443 g/mol. The van der Waals surface area contributed by atoms with Gasteiger partial charge < -0.3 is 15.4 Å². The molecule has 3 aromatic rings. The van der Waals surface area contributed by atoms with Gasteiger partial charge in [0.1, 0.15) is 11.6 Å². The van der Waals surface area contributed by atoms with Crippen LogP contribution in [0.3, 0.4) is 0 Å². The van der Waals surface area contributed by atoms with Crippen LogP contribution in [-0.2, 0) is 22.4 Å². The topological polar surface area (TPSA) is 67.4 Å². The summed E-state index contributed by atoms with van der Waals surface area (Å²) in [6.45, 7) is 5.39. The van der Waals surface area contributed by atoms with Gasteiger partial charge in [-0.1, -0.05) is 78.9 Å². The van der Waals surface area contributed by atoms with E-state index >= 15 is 0 Å². The van der Waals surface area contributed by atoms with Crippen LogP contribution in [0.2, 0.25) is 0 Å². The predicted octanol–water partition coefficient (Wildman–Crippen LogP) is 5.20. The highest BCUT2D eigenvalue weighted by Gasteiger charge is 2.29. The number of hydrogen-bond donors (Lipinski definition) is 2. The Morgan fingerprint density at radius 2 is 1.36 bits per heavy atom. The Bertz CT molecular complexity index is 1090. The molecule has 0 radical (unpaired) electrons. The molecule has 1 aliphatic rings. The van der Waals surface area contributed by atoms with Crippen molar-refractivity contribution in [2.75, 3.05) is 0 Å². The van der Waals surface area contributed by atoms with Gasteiger partial charge in [0.05, 0.1) is 0 Å². The van der Waals surface area contributed by atoms with Crippen LogP contribution >= 0.6 is 0 Å². The minimum Gasteiger partial charge on any atom is -0.444 e. The van der Waals surface area contributed by atoms with Gasteiger partial charge in [0.25, 0.3) is 0 Å². The van der Waals surface area contributed by atoms with E-state index in [0.717, 1.165) is 24.0 Å². The number of nitrogens with one attached hydrogen (secondary N) is 2. The van der Waals surface area contributed by atoms with Gasteiger partial charge in [-0.05, 0) is 61.4 Å². The van der Waals surface area contributed by atoms with Crippen LogP contribution in [0.4, 0.5) is 4.79 Å². The second kappa shape index (κ2) is 9.49. The highest BCUT2D eigenvalue weighted by molar-refractivity contribution is 5.87. The maximum absolute atomic E-state index is 13.3. The first-order chi connectivity index (χ1) is 15.8. The Hall–Kier alpha value is -3.60. The van der Waals surface area contributed by atoms with Crippen molar-refractivity contribution in [2.45, 2.75) is 51.3 Å². The molecule has 1 unspecified atom stereocenters. The molecule has 0 fully saturated rings. The van der Waals surface area contributed by atoms with Gasteiger partial charge in [-0.2, -0.15) is 0 Å². The molecule has 3 aromatic carbocycles. The molecule has 2 N–H and O–H groups in total. The monoisotopic (exact) mass is 442 g/mol. The molecule has 0 saturated heterocycles. The van der Waals surface area contributed by atoms with Crippen LogP contribution < -0.4 is 10.6 Å². The minimum absolute atomic E-state index is 0.00132. The van der Waals surface area contributed by atoms with E-state index in [1.165, 1.54) is 11.1 Å². The second-order valence-corrected chi connectivity index (χ2v) is 9.45. The first kappa shape index (κ1) is 22.6. The highest BCUT2D eigenvalue weighted by Crippen LogP contribution is 2.25. The number of benzene rings is 3.